The second-order valence-electron chi connectivity index (χ2n) is 38.4. The molecule has 4 aliphatic heterocycles. The molecule has 15 aromatic carbocycles. The van der Waals surface area contributed by atoms with Gasteiger partial charge in [-0.2, -0.15) is 0 Å². The van der Waals surface area contributed by atoms with Crippen LogP contribution in [-0.4, -0.2) is 22.2 Å². The van der Waals surface area contributed by atoms with Gasteiger partial charge in [-0.25, -0.2) is 0 Å². The van der Waals surface area contributed by atoms with E-state index in [2.05, 4.69) is 330 Å². The molecule has 8 aliphatic rings. The molecule has 8 atom stereocenters. The lowest BCUT2D eigenvalue weighted by Crippen LogP contribution is -2.52. The van der Waals surface area contributed by atoms with Crippen LogP contribution in [0.5, 0.6) is 0 Å². The zero-order valence-electron chi connectivity index (χ0n) is 68.2. The van der Waals surface area contributed by atoms with Crippen LogP contribution in [0.2, 0.25) is 0 Å². The molecule has 15 aromatic rings. The molecular formula is C110H106N4. The standard InChI is InChI=1S/C110H106N4/c1-103-57-25-13-29-61-107(103,5)111(75-33-17-9-18-34-75)95-53-41-71(65-91(95)103)79-45-49-83-87-69-89-85-51-47-81(73-43-55-97-93(67-73)105(3)59-27-15-31-63-109(105,7)113(97)77-37-21-11-22-38-77)100-82(74-44-56-98-94(68-74)106(4)60-28-16-32-64-110(106,8)114(98)78-39-23-12-24-40-78)48-52-86(102(85)100)90(89)70-88(87)84-50-46-80(99(79)101(83)84)72-42-54-96-92(66-72)104(2)58-26-14-30-62-108(104,6)112(96)76-35-19-10-20-36-76/h9-12,17-24,33-56,65-70H,13-16,25-32,57-64H2,1-8H3. The maximum Gasteiger partial charge on any atom is 0.0517 e. The molecule has 0 spiro atoms. The van der Waals surface area contributed by atoms with Crippen molar-refractivity contribution >= 4 is 110 Å². The number of nitrogens with zero attached hydrogens (tertiary/aromatic N) is 4. The first-order valence-electron chi connectivity index (χ1n) is 43.9. The third kappa shape index (κ3) is 9.02. The minimum Gasteiger partial charge on any atom is -0.334 e. The first-order chi connectivity index (χ1) is 55.5. The number of fused-ring (bicyclic) bond motifs is 18. The van der Waals surface area contributed by atoms with E-state index in [0.29, 0.717) is 0 Å². The largest absolute Gasteiger partial charge is 0.334 e. The summed E-state index contributed by atoms with van der Waals surface area (Å²) in [6.45, 7) is 20.9. The Hall–Kier alpha value is -10.4. The summed E-state index contributed by atoms with van der Waals surface area (Å²) in [6.07, 6.45) is 24.4. The Labute approximate surface area is 674 Å². The molecule has 0 bridgehead atoms. The predicted octanol–water partition coefficient (Wildman–Crippen LogP) is 30.7. The lowest BCUT2D eigenvalue weighted by molar-refractivity contribution is 0.261. The van der Waals surface area contributed by atoms with Gasteiger partial charge in [-0.1, -0.05) is 250 Å². The van der Waals surface area contributed by atoms with Crippen molar-refractivity contribution in [2.45, 2.75) is 228 Å². The lowest BCUT2D eigenvalue weighted by atomic mass is 9.66. The van der Waals surface area contributed by atoms with Gasteiger partial charge in [0.25, 0.3) is 0 Å². The molecule has 4 fully saturated rings. The molecule has 4 aliphatic carbocycles. The van der Waals surface area contributed by atoms with Crippen LogP contribution in [0.1, 0.15) is 206 Å². The molecule has 0 radical (unpaired) electrons. The molecular weight excluding hydrogens is 1380 g/mol. The highest BCUT2D eigenvalue weighted by Crippen LogP contribution is 2.67. The summed E-state index contributed by atoms with van der Waals surface area (Å²) in [4.78, 5) is 11.0. The molecule has 0 amide bonds. The normalized spacial score (nSPS) is 27.2. The average Bonchev–Trinajstić information content (AvgIpc) is 1.54. The number of hydrogen-bond acceptors (Lipinski definition) is 4. The Morgan fingerprint density at radius 1 is 0.193 bits per heavy atom. The zero-order chi connectivity index (χ0) is 76.6. The van der Waals surface area contributed by atoms with E-state index in [1.54, 1.807) is 0 Å². The van der Waals surface area contributed by atoms with E-state index in [1.807, 2.05) is 0 Å². The summed E-state index contributed by atoms with van der Waals surface area (Å²) in [5.74, 6) is 0. The molecule has 0 N–H and O–H groups in total. The fraction of sp³-hybridized carbons (Fsp3) is 0.327. The van der Waals surface area contributed by atoms with Crippen LogP contribution >= 0.6 is 0 Å². The summed E-state index contributed by atoms with van der Waals surface area (Å²) < 4.78 is 0. The van der Waals surface area contributed by atoms with Crippen LogP contribution in [0.4, 0.5) is 45.5 Å². The van der Waals surface area contributed by atoms with Crippen LogP contribution in [-0.2, 0) is 21.7 Å². The quantitative estimate of drug-likeness (QED) is 0.150. The second kappa shape index (κ2) is 24.6. The van der Waals surface area contributed by atoms with Gasteiger partial charge in [0, 0.05) is 67.2 Å². The molecule has 114 heavy (non-hydrogen) atoms. The third-order valence-electron chi connectivity index (χ3n) is 33.4. The van der Waals surface area contributed by atoms with Gasteiger partial charge in [-0.05, 0) is 320 Å². The maximum absolute atomic E-state index is 2.76. The van der Waals surface area contributed by atoms with Gasteiger partial charge in [0.2, 0.25) is 0 Å². The highest BCUT2D eigenvalue weighted by molar-refractivity contribution is 6.40. The Morgan fingerprint density at radius 2 is 0.412 bits per heavy atom. The van der Waals surface area contributed by atoms with E-state index in [4.69, 9.17) is 0 Å². The molecule has 4 heterocycles. The van der Waals surface area contributed by atoms with Crippen LogP contribution in [0.3, 0.4) is 0 Å². The van der Waals surface area contributed by atoms with Crippen LogP contribution < -0.4 is 19.6 Å². The highest BCUT2D eigenvalue weighted by atomic mass is 15.3. The van der Waals surface area contributed by atoms with Crippen molar-refractivity contribution in [2.75, 3.05) is 19.6 Å². The number of benzene rings is 13. The van der Waals surface area contributed by atoms with E-state index in [9.17, 15) is 0 Å². The van der Waals surface area contributed by atoms with E-state index >= 15 is 0 Å². The molecule has 4 nitrogen and oxygen atoms in total. The summed E-state index contributed by atoms with van der Waals surface area (Å²) in [5, 5.41) is 16.2. The summed E-state index contributed by atoms with van der Waals surface area (Å²) >= 11 is 0. The minimum absolute atomic E-state index is 0.0493. The summed E-state index contributed by atoms with van der Waals surface area (Å²) in [7, 11) is 0. The Balaban J connectivity index is 0.761. The molecule has 4 saturated carbocycles. The molecule has 566 valence electrons. The van der Waals surface area contributed by atoms with Crippen molar-refractivity contribution in [2.24, 2.45) is 0 Å². The topological polar surface area (TPSA) is 13.0 Å². The van der Waals surface area contributed by atoms with Gasteiger partial charge in [0.05, 0.1) is 22.2 Å². The Morgan fingerprint density at radius 3 is 0.640 bits per heavy atom. The molecule has 8 unspecified atom stereocenters. The molecule has 0 aromatic heterocycles. The SMILES string of the molecule is CC12CCCCCC1(C)N(c1ccccc1)c1ccc(-c3ccc4c5cc6c(cc5c5ccc(-c7ccc8c(c7)C7(C)CCCCCC7(C)N8c7ccccc7)c3c45)c3ccc(-c4ccc5c(c4)C4(C)CCCCCC4(C)N5c4ccccc4)c4c(-c5ccc7c(c5)C5(C)CCCCCC5(C)N7c5ccccc5)ccc6c43)cc12. The smallest absolute Gasteiger partial charge is 0.0517 e. The van der Waals surface area contributed by atoms with Crippen molar-refractivity contribution in [3.05, 3.63) is 277 Å². The molecule has 0 saturated heterocycles. The van der Waals surface area contributed by atoms with Crippen molar-refractivity contribution in [1.29, 1.82) is 0 Å². The van der Waals surface area contributed by atoms with E-state index in [1.165, 1.54) is 305 Å². The fourth-order valence-electron chi connectivity index (χ4n) is 26.6. The lowest BCUT2D eigenvalue weighted by Gasteiger charge is -2.46. The van der Waals surface area contributed by atoms with Crippen molar-refractivity contribution in [3.8, 4) is 44.5 Å². The van der Waals surface area contributed by atoms with Crippen molar-refractivity contribution in [1.82, 2.24) is 0 Å². The average molecular weight is 1480 g/mol. The predicted molar refractivity (Wildman–Crippen MR) is 485 cm³/mol. The van der Waals surface area contributed by atoms with Crippen molar-refractivity contribution < 1.29 is 0 Å². The number of para-hydroxylation sites is 4. The summed E-state index contributed by atoms with van der Waals surface area (Å²) in [6, 6.07) is 102. The first-order valence-corrected chi connectivity index (χ1v) is 43.9. The fourth-order valence-corrected chi connectivity index (χ4v) is 26.6. The third-order valence-corrected chi connectivity index (χ3v) is 33.4. The highest BCUT2D eigenvalue weighted by Gasteiger charge is 2.61. The Bertz CT molecular complexity index is 5680. The van der Waals surface area contributed by atoms with Crippen LogP contribution in [0, 0.1) is 0 Å². The van der Waals surface area contributed by atoms with Gasteiger partial charge in [0.1, 0.15) is 0 Å². The number of anilines is 8. The van der Waals surface area contributed by atoms with Crippen LogP contribution in [0.15, 0.2) is 255 Å². The first kappa shape index (κ1) is 69.1. The van der Waals surface area contributed by atoms with Gasteiger partial charge < -0.3 is 19.6 Å². The monoisotopic (exact) mass is 1480 g/mol. The molecule has 23 rings (SSSR count). The molecule has 4 heteroatoms. The van der Waals surface area contributed by atoms with Crippen molar-refractivity contribution in [3.63, 3.8) is 0 Å². The van der Waals surface area contributed by atoms with E-state index in [-0.39, 0.29) is 43.8 Å². The van der Waals surface area contributed by atoms with Gasteiger partial charge in [0.15, 0.2) is 0 Å². The van der Waals surface area contributed by atoms with Crippen LogP contribution in [0.25, 0.3) is 109 Å². The summed E-state index contributed by atoms with van der Waals surface area (Å²) in [5.41, 5.74) is 26.8. The number of hydrogen-bond donors (Lipinski definition) is 0. The van der Waals surface area contributed by atoms with E-state index < -0.39 is 0 Å². The zero-order valence-corrected chi connectivity index (χ0v) is 68.2. The number of rotatable bonds is 8. The van der Waals surface area contributed by atoms with Gasteiger partial charge >= 0.3 is 0 Å². The second-order valence-corrected chi connectivity index (χ2v) is 38.4. The van der Waals surface area contributed by atoms with Gasteiger partial charge in [-0.15, -0.1) is 0 Å². The van der Waals surface area contributed by atoms with Gasteiger partial charge in [-0.3, -0.25) is 0 Å². The maximum atomic E-state index is 2.76. The minimum atomic E-state index is -0.0713. The van der Waals surface area contributed by atoms with E-state index in [0.717, 1.165) is 0 Å². The Kier molecular flexibility index (Phi) is 14.9.